The van der Waals surface area contributed by atoms with Gasteiger partial charge < -0.3 is 25.0 Å². The van der Waals surface area contributed by atoms with Gasteiger partial charge in [0.25, 0.3) is 0 Å². The molecule has 0 bridgehead atoms. The van der Waals surface area contributed by atoms with Crippen LogP contribution in [0.5, 0.6) is 11.5 Å². The van der Waals surface area contributed by atoms with E-state index in [1.54, 1.807) is 26.0 Å². The molecule has 1 aliphatic rings. The Morgan fingerprint density at radius 2 is 1.96 bits per heavy atom. The fraction of sp³-hybridized carbons (Fsp3) is 0.278. The molecule has 1 aliphatic heterocycles. The molecule has 0 fully saturated rings. The third kappa shape index (κ3) is 1.87. The Balaban J connectivity index is 2.11. The standard InChI is InChI=1S/C18H17NO5/c1-18(2)17(23)16(22)15-13(24-18)4-3-10-14(15)9-5-8(7-20)12(21)6-11(9)19-10/h3-7,16-17,19,21-23H,1-2H3/t16-,17-/m1/s1. The second-order valence-electron chi connectivity index (χ2n) is 6.69. The van der Waals surface area contributed by atoms with Gasteiger partial charge in [-0.15, -0.1) is 0 Å². The molecule has 2 heterocycles. The number of aldehydes is 1. The van der Waals surface area contributed by atoms with Gasteiger partial charge in [0, 0.05) is 27.9 Å². The topological polar surface area (TPSA) is 103 Å². The summed E-state index contributed by atoms with van der Waals surface area (Å²) in [5.41, 5.74) is 1.08. The summed E-state index contributed by atoms with van der Waals surface area (Å²) >= 11 is 0. The highest BCUT2D eigenvalue weighted by Crippen LogP contribution is 2.45. The molecule has 2 atom stereocenters. The molecule has 6 nitrogen and oxygen atoms in total. The van der Waals surface area contributed by atoms with E-state index in [1.165, 1.54) is 6.07 Å². The minimum atomic E-state index is -1.13. The molecular weight excluding hydrogens is 310 g/mol. The van der Waals surface area contributed by atoms with Gasteiger partial charge in [0.1, 0.15) is 29.3 Å². The molecule has 0 amide bonds. The van der Waals surface area contributed by atoms with Crippen LogP contribution in [0.25, 0.3) is 21.8 Å². The highest BCUT2D eigenvalue weighted by molar-refractivity contribution is 6.11. The molecule has 2 aromatic carbocycles. The van der Waals surface area contributed by atoms with E-state index < -0.39 is 17.8 Å². The highest BCUT2D eigenvalue weighted by Gasteiger charge is 2.43. The van der Waals surface area contributed by atoms with Crippen molar-refractivity contribution < 1.29 is 24.9 Å². The highest BCUT2D eigenvalue weighted by atomic mass is 16.5. The van der Waals surface area contributed by atoms with Crippen molar-refractivity contribution in [3.8, 4) is 11.5 Å². The van der Waals surface area contributed by atoms with E-state index in [-0.39, 0.29) is 11.3 Å². The number of carbonyl (C=O) groups is 1. The molecule has 0 saturated carbocycles. The van der Waals surface area contributed by atoms with Crippen LogP contribution in [0.3, 0.4) is 0 Å². The monoisotopic (exact) mass is 327 g/mol. The van der Waals surface area contributed by atoms with Crippen LogP contribution in [-0.2, 0) is 0 Å². The average Bonchev–Trinajstić information content (AvgIpc) is 2.88. The van der Waals surface area contributed by atoms with Crippen LogP contribution >= 0.6 is 0 Å². The Morgan fingerprint density at radius 1 is 1.21 bits per heavy atom. The van der Waals surface area contributed by atoms with Gasteiger partial charge in [0.05, 0.1) is 11.1 Å². The van der Waals surface area contributed by atoms with Crippen molar-refractivity contribution in [3.63, 3.8) is 0 Å². The molecule has 0 radical (unpaired) electrons. The second-order valence-corrected chi connectivity index (χ2v) is 6.69. The molecule has 3 aromatic rings. The first-order chi connectivity index (χ1) is 11.3. The maximum atomic E-state index is 11.1. The molecule has 0 spiro atoms. The summed E-state index contributed by atoms with van der Waals surface area (Å²) in [7, 11) is 0. The number of ether oxygens (including phenoxy) is 1. The predicted octanol–water partition coefficient (Wildman–Crippen LogP) is 2.40. The lowest BCUT2D eigenvalue weighted by Gasteiger charge is -2.40. The number of phenols is 1. The molecule has 0 aliphatic carbocycles. The van der Waals surface area contributed by atoms with Crippen molar-refractivity contribution in [2.24, 2.45) is 0 Å². The molecular formula is C18H17NO5. The van der Waals surface area contributed by atoms with E-state index >= 15 is 0 Å². The number of nitrogens with one attached hydrogen (secondary N) is 1. The lowest BCUT2D eigenvalue weighted by molar-refractivity contribution is -0.111. The van der Waals surface area contributed by atoms with E-state index in [1.807, 2.05) is 6.07 Å². The zero-order valence-electron chi connectivity index (χ0n) is 13.2. The largest absolute Gasteiger partial charge is 0.507 e. The lowest BCUT2D eigenvalue weighted by atomic mass is 9.86. The summed E-state index contributed by atoms with van der Waals surface area (Å²) < 4.78 is 5.87. The Kier molecular flexibility index (Phi) is 2.95. The Bertz CT molecular complexity index is 988. The fourth-order valence-electron chi connectivity index (χ4n) is 3.41. The number of aliphatic hydroxyl groups is 2. The third-order valence-corrected chi connectivity index (χ3v) is 4.72. The molecule has 0 unspecified atom stereocenters. The van der Waals surface area contributed by atoms with Gasteiger partial charge in [0.2, 0.25) is 0 Å². The number of aromatic amines is 1. The Morgan fingerprint density at radius 3 is 2.67 bits per heavy atom. The lowest BCUT2D eigenvalue weighted by Crippen LogP contribution is -2.48. The SMILES string of the molecule is CC1(C)Oc2ccc3[nH]c4cc(O)c(C=O)cc4c3c2[C@@H](O)[C@H]1O. The summed E-state index contributed by atoms with van der Waals surface area (Å²) in [5, 5.41) is 32.3. The van der Waals surface area contributed by atoms with Gasteiger partial charge >= 0.3 is 0 Å². The number of aromatic nitrogens is 1. The summed E-state index contributed by atoms with van der Waals surface area (Å²) in [4.78, 5) is 14.3. The van der Waals surface area contributed by atoms with Gasteiger partial charge in [-0.3, -0.25) is 4.79 Å². The number of aliphatic hydroxyl groups excluding tert-OH is 2. The third-order valence-electron chi connectivity index (χ3n) is 4.72. The zero-order chi connectivity index (χ0) is 17.2. The minimum Gasteiger partial charge on any atom is -0.507 e. The number of aromatic hydroxyl groups is 1. The van der Waals surface area contributed by atoms with Crippen LogP contribution in [-0.4, -0.2) is 38.3 Å². The number of benzene rings is 2. The van der Waals surface area contributed by atoms with E-state index in [0.717, 1.165) is 5.52 Å². The van der Waals surface area contributed by atoms with Crippen LogP contribution in [0.15, 0.2) is 24.3 Å². The van der Waals surface area contributed by atoms with Gasteiger partial charge in [-0.05, 0) is 32.0 Å². The van der Waals surface area contributed by atoms with Gasteiger partial charge in [-0.25, -0.2) is 0 Å². The molecule has 124 valence electrons. The Labute approximate surface area is 137 Å². The first-order valence-electron chi connectivity index (χ1n) is 7.65. The van der Waals surface area contributed by atoms with Gasteiger partial charge in [-0.2, -0.15) is 0 Å². The molecule has 4 N–H and O–H groups in total. The predicted molar refractivity (Wildman–Crippen MR) is 88.5 cm³/mol. The average molecular weight is 327 g/mol. The molecule has 0 saturated heterocycles. The van der Waals surface area contributed by atoms with Crippen LogP contribution in [0.2, 0.25) is 0 Å². The smallest absolute Gasteiger partial charge is 0.153 e. The summed E-state index contributed by atoms with van der Waals surface area (Å²) in [6, 6.07) is 6.59. The summed E-state index contributed by atoms with van der Waals surface area (Å²) in [5.74, 6) is 0.378. The quantitative estimate of drug-likeness (QED) is 0.514. The van der Waals surface area contributed by atoms with Crippen molar-refractivity contribution >= 4 is 28.1 Å². The van der Waals surface area contributed by atoms with Crippen LogP contribution in [0.1, 0.15) is 35.9 Å². The van der Waals surface area contributed by atoms with Crippen LogP contribution < -0.4 is 4.74 Å². The number of phenolic OH excluding ortho intramolecular Hbond substituents is 1. The van der Waals surface area contributed by atoms with E-state index in [4.69, 9.17) is 4.74 Å². The van der Waals surface area contributed by atoms with Crippen molar-refractivity contribution in [2.45, 2.75) is 31.7 Å². The number of rotatable bonds is 1. The molecule has 4 rings (SSSR count). The molecule has 24 heavy (non-hydrogen) atoms. The summed E-state index contributed by atoms with van der Waals surface area (Å²) in [6.07, 6.45) is -1.64. The van der Waals surface area contributed by atoms with Crippen molar-refractivity contribution in [1.29, 1.82) is 0 Å². The first kappa shape index (κ1) is 15.0. The van der Waals surface area contributed by atoms with Crippen LogP contribution in [0.4, 0.5) is 0 Å². The van der Waals surface area contributed by atoms with Crippen molar-refractivity contribution in [2.75, 3.05) is 0 Å². The van der Waals surface area contributed by atoms with Gasteiger partial charge in [-0.1, -0.05) is 0 Å². The maximum Gasteiger partial charge on any atom is 0.153 e. The van der Waals surface area contributed by atoms with E-state index in [2.05, 4.69) is 4.98 Å². The zero-order valence-corrected chi connectivity index (χ0v) is 13.2. The number of H-pyrrole nitrogens is 1. The van der Waals surface area contributed by atoms with Crippen molar-refractivity contribution in [1.82, 2.24) is 4.98 Å². The number of hydrogen-bond acceptors (Lipinski definition) is 5. The molecule has 6 heteroatoms. The number of carbonyl (C=O) groups excluding carboxylic acids is 1. The van der Waals surface area contributed by atoms with Gasteiger partial charge in [0.15, 0.2) is 6.29 Å². The second kappa shape index (κ2) is 4.72. The Hall–Kier alpha value is -2.57. The van der Waals surface area contributed by atoms with Crippen molar-refractivity contribution in [3.05, 3.63) is 35.4 Å². The molecule has 1 aromatic heterocycles. The minimum absolute atomic E-state index is 0.115. The number of hydrogen-bond donors (Lipinski definition) is 4. The summed E-state index contributed by atoms with van der Waals surface area (Å²) in [6.45, 7) is 3.43. The van der Waals surface area contributed by atoms with E-state index in [0.29, 0.717) is 33.9 Å². The maximum absolute atomic E-state index is 11.1. The normalized spacial score (nSPS) is 22.3. The fourth-order valence-corrected chi connectivity index (χ4v) is 3.41. The van der Waals surface area contributed by atoms with E-state index in [9.17, 15) is 20.1 Å². The first-order valence-corrected chi connectivity index (χ1v) is 7.65. The number of fused-ring (bicyclic) bond motifs is 5. The van der Waals surface area contributed by atoms with Crippen LogP contribution in [0, 0.1) is 0 Å².